The highest BCUT2D eigenvalue weighted by Crippen LogP contribution is 2.41. The van der Waals surface area contributed by atoms with E-state index in [1.54, 1.807) is 57.3 Å². The number of aryl methyl sites for hydroxylation is 2. The minimum Gasteiger partial charge on any atom is -0.495 e. The second kappa shape index (κ2) is 30.7. The Kier molecular flexibility index (Phi) is 22.2. The average Bonchev–Trinajstić information content (AvgIpc) is 1.21. The van der Waals surface area contributed by atoms with Gasteiger partial charge in [0.15, 0.2) is 19.7 Å². The number of sulfone groups is 2. The summed E-state index contributed by atoms with van der Waals surface area (Å²) in [7, 11) is 1.22. The van der Waals surface area contributed by atoms with Crippen molar-refractivity contribution in [2.24, 2.45) is 0 Å². The first kappa shape index (κ1) is 70.0. The van der Waals surface area contributed by atoms with Crippen LogP contribution in [0, 0.1) is 13.8 Å². The fourth-order valence-corrected chi connectivity index (χ4v) is 17.6. The van der Waals surface area contributed by atoms with Crippen LogP contribution in [0.5, 0.6) is 11.5 Å². The van der Waals surface area contributed by atoms with E-state index in [1.165, 1.54) is 62.2 Å². The first-order chi connectivity index (χ1) is 46.7. The summed E-state index contributed by atoms with van der Waals surface area (Å²) >= 11 is 12.8. The van der Waals surface area contributed by atoms with Gasteiger partial charge in [0.1, 0.15) is 23.1 Å². The monoisotopic (exact) mass is 1510 g/mol. The Bertz CT molecular complexity index is 4360. The molecule has 0 spiro atoms. The van der Waals surface area contributed by atoms with Gasteiger partial charge in [-0.25, -0.2) is 26.8 Å². The van der Waals surface area contributed by atoms with Crippen molar-refractivity contribution in [3.05, 3.63) is 122 Å². The molecule has 0 amide bonds. The number of piperazine rings is 2. The van der Waals surface area contributed by atoms with Gasteiger partial charge < -0.3 is 50.8 Å². The molecule has 516 valence electrons. The van der Waals surface area contributed by atoms with Crippen LogP contribution in [0.4, 0.5) is 51.7 Å². The molecule has 2 aliphatic carbocycles. The van der Waals surface area contributed by atoms with Gasteiger partial charge in [-0.15, -0.1) is 0 Å². The van der Waals surface area contributed by atoms with Crippen molar-refractivity contribution in [1.82, 2.24) is 59.5 Å². The lowest BCUT2D eigenvalue weighted by atomic mass is 10.0. The van der Waals surface area contributed by atoms with Gasteiger partial charge in [0.25, 0.3) is 0 Å². The molecule has 6 aliphatic rings. The lowest BCUT2D eigenvalue weighted by Crippen LogP contribution is -2.52. The molecule has 4 aromatic carbocycles. The normalized spacial score (nSPS) is 18.1. The van der Waals surface area contributed by atoms with Gasteiger partial charge in [-0.05, 0) is 170 Å². The molecule has 14 rings (SSSR count). The Morgan fingerprint density at radius 2 is 0.959 bits per heavy atom. The minimum atomic E-state index is -3.32. The molecule has 0 atom stereocenters. The third kappa shape index (κ3) is 17.1. The number of nitrogens with zero attached hydrogens (tertiary/aromatic N) is 14. The van der Waals surface area contributed by atoms with Gasteiger partial charge in [-0.3, -0.25) is 29.7 Å². The molecular weight excluding hydrogens is 1420 g/mol. The Balaban J connectivity index is 0.000000154. The molecule has 0 unspecified atom stereocenters. The molecule has 8 aromatic rings. The van der Waals surface area contributed by atoms with Crippen LogP contribution in [0.1, 0.15) is 73.6 Å². The van der Waals surface area contributed by atoms with E-state index in [4.69, 9.17) is 31.8 Å². The summed E-state index contributed by atoms with van der Waals surface area (Å²) in [5, 5.41) is 9.37. The van der Waals surface area contributed by atoms with Crippen molar-refractivity contribution in [2.45, 2.75) is 99.3 Å². The van der Waals surface area contributed by atoms with Gasteiger partial charge >= 0.3 is 0 Å². The first-order valence-corrected chi connectivity index (χ1v) is 38.5. The maximum atomic E-state index is 13.1. The molecule has 97 heavy (non-hydrogen) atoms. The molecule has 29 heteroatoms. The van der Waals surface area contributed by atoms with Gasteiger partial charge in [0.2, 0.25) is 11.2 Å². The fourth-order valence-electron chi connectivity index (χ4n) is 13.3. The Morgan fingerprint density at radius 1 is 0.526 bits per heavy atom. The van der Waals surface area contributed by atoms with Crippen LogP contribution < -0.4 is 41.0 Å². The fraction of sp³-hybridized carbons (Fsp3) is 0.471. The van der Waals surface area contributed by atoms with Crippen LogP contribution in [0.2, 0.25) is 5.28 Å². The number of piperidine rings is 2. The van der Waals surface area contributed by atoms with Crippen molar-refractivity contribution in [2.75, 3.05) is 138 Å². The standard InChI is InChI=1S/C34H42BrN9O3S.C18H30N4O.C16H13BrClN5O2S/c1-22-18-29(31(47-3)19-30(22)44-12-8-23(9-13-44)43-16-14-42(2)15-17-43)40-34-38-20-26(35)33(41-34)39-27-6-7-28-32(37-11-10-36-28)25(27)21-48(45,46)24-4-5-24;1-14-12-16(19)18(23-3)13-17(14)22-6-4-15(5-7-22)21-10-8-20(2)9-11-21;17-11-7-21-16(18)23-15(11)22-12-3-4-13-14(20-6-5-19-13)10(12)8-26(24,25)9-1-2-9/h6-7,10-11,18-20,23-24H,4-5,8-9,12-17,21H2,1-3H3,(H2,38,39,40,41);12-13,15H,4-11,19H2,1-3H3;3-7,9H,1-2,8H2,(H,21,22,23). The predicted octanol–water partition coefficient (Wildman–Crippen LogP) is 10.7. The van der Waals surface area contributed by atoms with Gasteiger partial charge in [0.05, 0.1) is 78.6 Å². The molecule has 24 nitrogen and oxygen atoms in total. The van der Waals surface area contributed by atoms with Crippen molar-refractivity contribution >= 4 is 137 Å². The first-order valence-electron chi connectivity index (χ1n) is 33.1. The van der Waals surface area contributed by atoms with E-state index in [9.17, 15) is 16.8 Å². The smallest absolute Gasteiger partial charge is 0.229 e. The number of fused-ring (bicyclic) bond motifs is 2. The molecule has 8 heterocycles. The predicted molar refractivity (Wildman–Crippen MR) is 393 cm³/mol. The average molecular weight is 1510 g/mol. The third-order valence-corrected chi connectivity index (χ3v) is 24.9. The number of hydrogen-bond acceptors (Lipinski definition) is 24. The van der Waals surface area contributed by atoms with E-state index in [0.29, 0.717) is 109 Å². The van der Waals surface area contributed by atoms with Crippen LogP contribution >= 0.6 is 43.5 Å². The second-order valence-corrected chi connectivity index (χ2v) is 32.6. The summed E-state index contributed by atoms with van der Waals surface area (Å²) in [5.74, 6) is 2.55. The molecule has 4 saturated heterocycles. The van der Waals surface area contributed by atoms with Crippen molar-refractivity contribution in [3.8, 4) is 11.5 Å². The topological polar surface area (TPSA) is 271 Å². The highest BCUT2D eigenvalue weighted by Gasteiger charge is 2.38. The molecular formula is C68H85Br2ClN18O6S2. The highest BCUT2D eigenvalue weighted by molar-refractivity contribution is 9.11. The largest absolute Gasteiger partial charge is 0.495 e. The van der Waals surface area contributed by atoms with E-state index >= 15 is 0 Å². The number of halogens is 3. The quantitative estimate of drug-likeness (QED) is 0.0459. The molecule has 4 aromatic heterocycles. The van der Waals surface area contributed by atoms with Crippen LogP contribution in [0.15, 0.2) is 94.7 Å². The maximum absolute atomic E-state index is 13.1. The van der Waals surface area contributed by atoms with E-state index in [-0.39, 0.29) is 27.3 Å². The Morgan fingerprint density at radius 3 is 1.42 bits per heavy atom. The van der Waals surface area contributed by atoms with E-state index < -0.39 is 19.7 Å². The number of ether oxygens (including phenoxy) is 2. The number of benzene rings is 4. The summed E-state index contributed by atoms with van der Waals surface area (Å²) < 4.78 is 63.9. The lowest BCUT2D eigenvalue weighted by Gasteiger charge is -2.43. The summed E-state index contributed by atoms with van der Waals surface area (Å²) in [5.41, 5.74) is 17.1. The van der Waals surface area contributed by atoms with E-state index in [0.717, 1.165) is 93.9 Å². The Labute approximate surface area is 590 Å². The zero-order valence-corrected chi connectivity index (χ0v) is 61.2. The number of aromatic nitrogens is 8. The summed E-state index contributed by atoms with van der Waals surface area (Å²) in [6.07, 6.45) is 17.2. The molecule has 5 N–H and O–H groups in total. The van der Waals surface area contributed by atoms with Crippen LogP contribution in [-0.2, 0) is 31.2 Å². The van der Waals surface area contributed by atoms with Crippen LogP contribution in [-0.4, -0.2) is 206 Å². The summed E-state index contributed by atoms with van der Waals surface area (Å²) in [6, 6.07) is 16.9. The van der Waals surface area contributed by atoms with Crippen LogP contribution in [0.3, 0.4) is 0 Å². The number of likely N-dealkylation sites (N-methyl/N-ethyl adjacent to an activating group) is 2. The van der Waals surface area contributed by atoms with E-state index in [2.05, 4.69) is 158 Å². The number of nitrogens with two attached hydrogens (primary N) is 1. The van der Waals surface area contributed by atoms with Crippen molar-refractivity contribution < 1.29 is 26.3 Å². The SMILES string of the molecule is COc1cc(N2CCC(N3CCN(C)CC3)CC2)c(C)cc1N.COc1cc(N2CCC(N3CCN(C)CC3)CC2)c(C)cc1Nc1ncc(Br)c(Nc2ccc3nccnc3c2CS(=O)(=O)C2CC2)n1.O=S(=O)(Cc1c(Nc2nc(Cl)ncc2Br)ccc2nccnc12)C1CC1. The van der Waals surface area contributed by atoms with E-state index in [1.807, 2.05) is 18.2 Å². The zero-order valence-electron chi connectivity index (χ0n) is 55.7. The molecule has 6 fully saturated rings. The van der Waals surface area contributed by atoms with Gasteiger partial charge in [-0.2, -0.15) is 9.97 Å². The molecule has 0 radical (unpaired) electrons. The molecule has 0 bridgehead atoms. The number of nitrogens with one attached hydrogen (secondary N) is 3. The Hall–Kier alpha value is -6.89. The molecule has 4 aliphatic heterocycles. The number of anilines is 9. The van der Waals surface area contributed by atoms with Crippen LogP contribution in [0.25, 0.3) is 22.1 Å². The maximum Gasteiger partial charge on any atom is 0.229 e. The number of nitrogen functional groups attached to an aromatic ring is 1. The van der Waals surface area contributed by atoms with Gasteiger partial charge in [-0.1, -0.05) is 0 Å². The third-order valence-electron chi connectivity index (χ3n) is 19.2. The van der Waals surface area contributed by atoms with Gasteiger partial charge in [0, 0.05) is 174 Å². The molecule has 2 saturated carbocycles. The van der Waals surface area contributed by atoms with Crippen molar-refractivity contribution in [3.63, 3.8) is 0 Å². The summed E-state index contributed by atoms with van der Waals surface area (Å²) in [4.78, 5) is 50.0. The zero-order chi connectivity index (χ0) is 68.1. The summed E-state index contributed by atoms with van der Waals surface area (Å²) in [6.45, 7) is 18.0. The number of rotatable bonds is 18. The highest BCUT2D eigenvalue weighted by atomic mass is 79.9. The second-order valence-electron chi connectivity index (χ2n) is 26.0. The van der Waals surface area contributed by atoms with Crippen molar-refractivity contribution in [1.29, 1.82) is 0 Å². The number of hydrogen-bond donors (Lipinski definition) is 4. The number of methoxy groups -OCH3 is 2. The minimum absolute atomic E-state index is 0.0865. The lowest BCUT2D eigenvalue weighted by molar-refractivity contribution is 0.0982.